The molecule has 0 radical (unpaired) electrons. The fourth-order valence-corrected chi connectivity index (χ4v) is 3.35. The Kier molecular flexibility index (Phi) is 6.49. The second kappa shape index (κ2) is 9.66. The molecular formula is C26H19F3N2O3. The minimum atomic E-state index is -4.40. The van der Waals surface area contributed by atoms with Crippen molar-refractivity contribution in [1.29, 1.82) is 0 Å². The molecule has 8 heteroatoms. The predicted molar refractivity (Wildman–Crippen MR) is 121 cm³/mol. The number of rotatable bonds is 7. The molecule has 34 heavy (non-hydrogen) atoms. The Labute approximate surface area is 193 Å². The number of carboxylic acids is 1. The molecule has 1 aromatic heterocycles. The number of benzene rings is 3. The number of hydrogen-bond acceptors (Lipinski definition) is 4. The van der Waals surface area contributed by atoms with Crippen LogP contribution in [-0.4, -0.2) is 16.1 Å². The van der Waals surface area contributed by atoms with Crippen LogP contribution in [-0.2, 0) is 6.18 Å². The Balaban J connectivity index is 1.53. The number of carboxylic acid groups (broad SMARTS) is 1. The number of alkyl halides is 3. The fourth-order valence-electron chi connectivity index (χ4n) is 3.35. The standard InChI is InChI=1S/C26H19F3N2O3/c27-26(28,29)20-10-6-18(7-11-20)24(17-4-2-1-3-5-17)31-21-12-15-23(30-16-21)34-22-13-8-19(9-14-22)25(32)33/h1-16,24,31H,(H,32,33). The van der Waals surface area contributed by atoms with Gasteiger partial charge in [0.15, 0.2) is 0 Å². The lowest BCUT2D eigenvalue weighted by molar-refractivity contribution is -0.137. The minimum absolute atomic E-state index is 0.148. The Morgan fingerprint density at radius 2 is 1.50 bits per heavy atom. The number of aromatic nitrogens is 1. The fraction of sp³-hybridized carbons (Fsp3) is 0.0769. The monoisotopic (exact) mass is 464 g/mol. The van der Waals surface area contributed by atoms with Crippen molar-refractivity contribution in [1.82, 2.24) is 4.98 Å². The van der Waals surface area contributed by atoms with Crippen molar-refractivity contribution in [3.63, 3.8) is 0 Å². The highest BCUT2D eigenvalue weighted by molar-refractivity contribution is 5.87. The molecular weight excluding hydrogens is 445 g/mol. The number of nitrogens with zero attached hydrogens (tertiary/aromatic N) is 1. The van der Waals surface area contributed by atoms with Gasteiger partial charge in [0, 0.05) is 6.07 Å². The Bertz CT molecular complexity index is 1240. The Morgan fingerprint density at radius 1 is 0.853 bits per heavy atom. The molecule has 0 aliphatic carbocycles. The summed E-state index contributed by atoms with van der Waals surface area (Å²) in [6.07, 6.45) is -2.84. The van der Waals surface area contributed by atoms with Crippen molar-refractivity contribution in [3.8, 4) is 11.6 Å². The maximum Gasteiger partial charge on any atom is 0.416 e. The van der Waals surface area contributed by atoms with Gasteiger partial charge < -0.3 is 15.2 Å². The lowest BCUT2D eigenvalue weighted by Gasteiger charge is -2.21. The summed E-state index contributed by atoms with van der Waals surface area (Å²) in [4.78, 5) is 15.2. The van der Waals surface area contributed by atoms with Crippen molar-refractivity contribution in [3.05, 3.63) is 119 Å². The van der Waals surface area contributed by atoms with Crippen LogP contribution >= 0.6 is 0 Å². The summed E-state index contributed by atoms with van der Waals surface area (Å²) < 4.78 is 44.6. The van der Waals surface area contributed by atoms with Crippen LogP contribution in [0.3, 0.4) is 0 Å². The maximum absolute atomic E-state index is 13.0. The van der Waals surface area contributed by atoms with Gasteiger partial charge >= 0.3 is 12.1 Å². The van der Waals surface area contributed by atoms with E-state index < -0.39 is 23.8 Å². The van der Waals surface area contributed by atoms with Gasteiger partial charge in [0.05, 0.1) is 29.1 Å². The van der Waals surface area contributed by atoms with Crippen molar-refractivity contribution in [2.45, 2.75) is 12.2 Å². The molecule has 0 spiro atoms. The highest BCUT2D eigenvalue weighted by Crippen LogP contribution is 2.32. The van der Waals surface area contributed by atoms with Crippen molar-refractivity contribution in [2.75, 3.05) is 5.32 Å². The van der Waals surface area contributed by atoms with Crippen molar-refractivity contribution in [2.24, 2.45) is 0 Å². The zero-order valence-corrected chi connectivity index (χ0v) is 17.7. The molecule has 1 unspecified atom stereocenters. The molecule has 0 aliphatic heterocycles. The zero-order chi connectivity index (χ0) is 24.1. The van der Waals surface area contributed by atoms with Crippen molar-refractivity contribution >= 4 is 11.7 Å². The number of anilines is 1. The first-order chi connectivity index (χ1) is 16.3. The minimum Gasteiger partial charge on any atom is -0.478 e. The van der Waals surface area contributed by atoms with Gasteiger partial charge in [-0.15, -0.1) is 0 Å². The summed E-state index contributed by atoms with van der Waals surface area (Å²) in [5.74, 6) is -0.286. The number of carbonyl (C=O) groups is 1. The van der Waals surface area contributed by atoms with Gasteiger partial charge in [0.1, 0.15) is 5.75 Å². The Hall–Kier alpha value is -4.33. The molecule has 0 aliphatic rings. The van der Waals surface area contributed by atoms with E-state index in [-0.39, 0.29) is 5.56 Å². The van der Waals surface area contributed by atoms with Crippen LogP contribution in [0.5, 0.6) is 11.6 Å². The van der Waals surface area contributed by atoms with Crippen molar-refractivity contribution < 1.29 is 27.8 Å². The molecule has 0 amide bonds. The van der Waals surface area contributed by atoms with Gasteiger partial charge in [-0.2, -0.15) is 13.2 Å². The van der Waals surface area contributed by atoms with Crippen LogP contribution in [0.4, 0.5) is 18.9 Å². The van der Waals surface area contributed by atoms with Gasteiger partial charge in [-0.1, -0.05) is 42.5 Å². The van der Waals surface area contributed by atoms with E-state index in [4.69, 9.17) is 9.84 Å². The number of halogens is 3. The van der Waals surface area contributed by atoms with Gasteiger partial charge in [0.25, 0.3) is 0 Å². The molecule has 0 saturated heterocycles. The summed E-state index contributed by atoms with van der Waals surface area (Å²) in [6.45, 7) is 0. The van der Waals surface area contributed by atoms with E-state index >= 15 is 0 Å². The summed E-state index contributed by atoms with van der Waals surface area (Å²) >= 11 is 0. The SMILES string of the molecule is O=C(O)c1ccc(Oc2ccc(NC(c3ccccc3)c3ccc(C(F)(F)F)cc3)cn2)cc1. The van der Waals surface area contributed by atoms with Crippen LogP contribution in [0.1, 0.15) is 33.1 Å². The molecule has 4 rings (SSSR count). The van der Waals surface area contributed by atoms with E-state index in [0.29, 0.717) is 22.9 Å². The van der Waals surface area contributed by atoms with Crippen LogP contribution in [0.15, 0.2) is 97.2 Å². The van der Waals surface area contributed by atoms with Crippen LogP contribution in [0.2, 0.25) is 0 Å². The summed E-state index contributed by atoms with van der Waals surface area (Å²) in [5.41, 5.74) is 1.62. The van der Waals surface area contributed by atoms with Crippen LogP contribution < -0.4 is 10.1 Å². The highest BCUT2D eigenvalue weighted by atomic mass is 19.4. The largest absolute Gasteiger partial charge is 0.478 e. The molecule has 0 saturated carbocycles. The lowest BCUT2D eigenvalue weighted by Crippen LogP contribution is -2.13. The number of nitrogens with one attached hydrogen (secondary N) is 1. The summed E-state index contributed by atoms with van der Waals surface area (Å²) in [6, 6.07) is 23.3. The summed E-state index contributed by atoms with van der Waals surface area (Å²) in [7, 11) is 0. The second-order valence-electron chi connectivity index (χ2n) is 7.42. The molecule has 4 aromatic rings. The van der Waals surface area contributed by atoms with Gasteiger partial charge in [0.2, 0.25) is 5.88 Å². The van der Waals surface area contributed by atoms with Crippen LogP contribution in [0.25, 0.3) is 0 Å². The third kappa shape index (κ3) is 5.53. The number of pyridine rings is 1. The second-order valence-corrected chi connectivity index (χ2v) is 7.42. The molecule has 3 aromatic carbocycles. The van der Waals surface area contributed by atoms with E-state index in [0.717, 1.165) is 17.7 Å². The van der Waals surface area contributed by atoms with Gasteiger partial charge in [-0.3, -0.25) is 0 Å². The number of hydrogen-bond donors (Lipinski definition) is 2. The number of ether oxygens (including phenoxy) is 1. The average Bonchev–Trinajstić information content (AvgIpc) is 2.84. The van der Waals surface area contributed by atoms with Crippen LogP contribution in [0, 0.1) is 0 Å². The highest BCUT2D eigenvalue weighted by Gasteiger charge is 2.30. The molecule has 1 atom stereocenters. The first kappa shape index (κ1) is 22.8. The molecule has 5 nitrogen and oxygen atoms in total. The zero-order valence-electron chi connectivity index (χ0n) is 17.7. The van der Waals surface area contributed by atoms with Gasteiger partial charge in [-0.05, 0) is 53.6 Å². The number of aromatic carboxylic acids is 1. The first-order valence-corrected chi connectivity index (χ1v) is 10.3. The third-order valence-electron chi connectivity index (χ3n) is 5.08. The quantitative estimate of drug-likeness (QED) is 0.315. The molecule has 1 heterocycles. The smallest absolute Gasteiger partial charge is 0.416 e. The van der Waals surface area contributed by atoms with E-state index in [1.54, 1.807) is 18.3 Å². The maximum atomic E-state index is 13.0. The van der Waals surface area contributed by atoms with E-state index in [1.165, 1.54) is 36.4 Å². The molecule has 0 fully saturated rings. The lowest BCUT2D eigenvalue weighted by atomic mass is 9.97. The van der Waals surface area contributed by atoms with Gasteiger partial charge in [-0.25, -0.2) is 9.78 Å². The van der Waals surface area contributed by atoms with E-state index in [1.807, 2.05) is 30.3 Å². The predicted octanol–water partition coefficient (Wildman–Crippen LogP) is 6.79. The molecule has 0 bridgehead atoms. The molecule has 2 N–H and O–H groups in total. The summed E-state index contributed by atoms with van der Waals surface area (Å²) in [5, 5.41) is 12.3. The van der Waals surface area contributed by atoms with E-state index in [9.17, 15) is 18.0 Å². The Morgan fingerprint density at radius 3 is 2.06 bits per heavy atom. The average molecular weight is 464 g/mol. The van der Waals surface area contributed by atoms with E-state index in [2.05, 4.69) is 10.3 Å². The first-order valence-electron chi connectivity index (χ1n) is 10.3. The normalized spacial score (nSPS) is 12.1. The molecule has 172 valence electrons. The third-order valence-corrected chi connectivity index (χ3v) is 5.08. The topological polar surface area (TPSA) is 71.5 Å².